The van der Waals surface area contributed by atoms with Crippen LogP contribution in [0, 0.1) is 24.7 Å². The lowest BCUT2D eigenvalue weighted by Crippen LogP contribution is -2.48. The fourth-order valence-electron chi connectivity index (χ4n) is 18.0. The van der Waals surface area contributed by atoms with E-state index in [2.05, 4.69) is 297 Å². The molecule has 0 unspecified atom stereocenters. The van der Waals surface area contributed by atoms with Crippen molar-refractivity contribution in [2.24, 2.45) is 17.8 Å². The third-order valence-electron chi connectivity index (χ3n) is 23.9. The van der Waals surface area contributed by atoms with E-state index in [-0.39, 0.29) is 10.8 Å². The molecule has 9 aromatic rings. The van der Waals surface area contributed by atoms with E-state index in [1.54, 1.807) is 28.4 Å². The average Bonchev–Trinajstić information content (AvgIpc) is 0.717. The Morgan fingerprint density at radius 3 is 1.07 bits per heavy atom. The summed E-state index contributed by atoms with van der Waals surface area (Å²) in [6.45, 7) is 33.2. The largest absolute Gasteiger partial charge is 0.497 e. The van der Waals surface area contributed by atoms with E-state index in [1.807, 2.05) is 19.1 Å². The predicted molar refractivity (Wildman–Crippen MR) is 443 cm³/mol. The molecule has 0 atom stereocenters. The summed E-state index contributed by atoms with van der Waals surface area (Å²) in [5.74, 6) is 12.1. The number of rotatable bonds is 17. The summed E-state index contributed by atoms with van der Waals surface area (Å²) in [5, 5.41) is 0. The number of hydrogen-bond acceptors (Lipinski definition) is 8. The van der Waals surface area contributed by atoms with Gasteiger partial charge in [-0.2, -0.15) is 18.3 Å². The van der Waals surface area contributed by atoms with Crippen LogP contribution in [0.4, 0.5) is 22.7 Å². The lowest BCUT2D eigenvalue weighted by molar-refractivity contribution is -0.477. The Labute approximate surface area is 649 Å². The van der Waals surface area contributed by atoms with Gasteiger partial charge in [0.15, 0.2) is 24.9 Å². The van der Waals surface area contributed by atoms with E-state index in [9.17, 15) is 0 Å². The lowest BCUT2D eigenvalue weighted by Gasteiger charge is -2.57. The Kier molecular flexibility index (Phi) is 23.2. The van der Waals surface area contributed by atoms with Crippen LogP contribution in [0.15, 0.2) is 176 Å². The SMILES string of the molecule is CCC(C)(C)c1cc(OC)cc2c1OC[N+](c1ccccc1C(C)C)=C2.COc1cc(C)c2c(c1)C=[N+](c1ccccc1C(C)C)CO2.COc1cc2c(c(C(C)(C)c3ccccc3)c1)OC[N+](c1ccccc1C(C)C)=C2.COc1cc2c(c(C34CC5CC(CC(C5)C3)C4)c1)OC[N+](c1ccccc1C(C)C)=C2. The summed E-state index contributed by atoms with van der Waals surface area (Å²) in [6, 6.07) is 61.7. The van der Waals surface area contributed by atoms with Gasteiger partial charge in [-0.25, -0.2) is 0 Å². The van der Waals surface area contributed by atoms with Gasteiger partial charge in [-0.3, -0.25) is 0 Å². The van der Waals surface area contributed by atoms with Crippen molar-refractivity contribution in [3.05, 3.63) is 248 Å². The maximum Gasteiger partial charge on any atom is 0.292 e. The number of fused-ring (bicyclic) bond motifs is 4. The molecule has 4 bridgehead atoms. The zero-order valence-corrected chi connectivity index (χ0v) is 67.9. The van der Waals surface area contributed by atoms with Gasteiger partial charge in [0.1, 0.15) is 46.0 Å². The van der Waals surface area contributed by atoms with E-state index in [0.29, 0.717) is 56.0 Å². The van der Waals surface area contributed by atoms with Crippen LogP contribution < -0.4 is 37.9 Å². The van der Waals surface area contributed by atoms with Crippen LogP contribution in [-0.2, 0) is 16.2 Å². The van der Waals surface area contributed by atoms with Crippen LogP contribution in [0.25, 0.3) is 0 Å². The van der Waals surface area contributed by atoms with Crippen LogP contribution in [0.2, 0.25) is 0 Å². The molecule has 17 rings (SSSR count). The normalized spacial score (nSPS) is 18.5. The molecule has 109 heavy (non-hydrogen) atoms. The lowest BCUT2D eigenvalue weighted by atomic mass is 9.48. The monoisotopic (exact) mass is 1460 g/mol. The van der Waals surface area contributed by atoms with Crippen molar-refractivity contribution in [3.63, 3.8) is 0 Å². The van der Waals surface area contributed by atoms with Crippen molar-refractivity contribution in [3.8, 4) is 46.0 Å². The third kappa shape index (κ3) is 16.2. The Morgan fingerprint density at radius 2 is 0.697 bits per heavy atom. The first-order valence-corrected chi connectivity index (χ1v) is 39.7. The molecule has 4 saturated carbocycles. The molecule has 4 fully saturated rings. The molecule has 12 nitrogen and oxygen atoms in total. The van der Waals surface area contributed by atoms with Crippen molar-refractivity contribution in [2.45, 2.75) is 182 Å². The zero-order chi connectivity index (χ0) is 77.1. The number of para-hydroxylation sites is 4. The van der Waals surface area contributed by atoms with Crippen LogP contribution >= 0.6 is 0 Å². The second-order valence-electron chi connectivity index (χ2n) is 33.4. The van der Waals surface area contributed by atoms with Gasteiger partial charge in [-0.1, -0.05) is 193 Å². The van der Waals surface area contributed by atoms with Gasteiger partial charge >= 0.3 is 0 Å². The van der Waals surface area contributed by atoms with Gasteiger partial charge in [-0.05, 0) is 164 Å². The molecule has 568 valence electrons. The minimum Gasteiger partial charge on any atom is -0.497 e. The number of hydrogen-bond donors (Lipinski definition) is 0. The molecule has 0 radical (unpaired) electrons. The quantitative estimate of drug-likeness (QED) is 0.0834. The molecule has 0 aromatic heterocycles. The summed E-state index contributed by atoms with van der Waals surface area (Å²) in [5.41, 5.74) is 20.7. The number of ether oxygens (including phenoxy) is 8. The number of nitrogens with zero attached hydrogens (tertiary/aromatic N) is 4. The highest BCUT2D eigenvalue weighted by molar-refractivity contribution is 5.87. The minimum atomic E-state index is -0.217. The third-order valence-corrected chi connectivity index (χ3v) is 23.9. The Morgan fingerprint density at radius 1 is 0.385 bits per heavy atom. The van der Waals surface area contributed by atoms with Gasteiger partial charge in [0.25, 0.3) is 26.9 Å². The summed E-state index contributed by atoms with van der Waals surface area (Å²) in [6.07, 6.45) is 18.2. The molecule has 0 N–H and O–H groups in total. The molecular weight excluding hydrogens is 1350 g/mol. The molecule has 0 spiro atoms. The Balaban J connectivity index is 0.000000129. The number of methoxy groups -OCH3 is 4. The van der Waals surface area contributed by atoms with Crippen LogP contribution in [0.3, 0.4) is 0 Å². The van der Waals surface area contributed by atoms with Crippen molar-refractivity contribution in [2.75, 3.05) is 55.4 Å². The van der Waals surface area contributed by atoms with Crippen molar-refractivity contribution in [1.29, 1.82) is 0 Å². The van der Waals surface area contributed by atoms with Gasteiger partial charge in [-0.15, -0.1) is 0 Å². The zero-order valence-electron chi connectivity index (χ0n) is 67.9. The molecule has 0 saturated heterocycles. The summed E-state index contributed by atoms with van der Waals surface area (Å²) >= 11 is 0. The smallest absolute Gasteiger partial charge is 0.292 e. The van der Waals surface area contributed by atoms with Crippen molar-refractivity contribution >= 4 is 47.6 Å². The van der Waals surface area contributed by atoms with Crippen LogP contribution in [0.1, 0.15) is 231 Å². The minimum absolute atomic E-state index is 0.0322. The highest BCUT2D eigenvalue weighted by atomic mass is 16.5. The van der Waals surface area contributed by atoms with Crippen LogP contribution in [0.5, 0.6) is 46.0 Å². The first kappa shape index (κ1) is 77.2. The first-order chi connectivity index (χ1) is 52.4. The Bertz CT molecular complexity index is 4880. The molecule has 12 heteroatoms. The maximum absolute atomic E-state index is 6.58. The van der Waals surface area contributed by atoms with E-state index in [1.165, 1.54) is 100 Å². The van der Waals surface area contributed by atoms with Crippen molar-refractivity contribution < 1.29 is 56.2 Å². The molecule has 9 aromatic carbocycles. The topological polar surface area (TPSA) is 85.9 Å². The van der Waals surface area contributed by atoms with E-state index < -0.39 is 0 Å². The number of benzene rings is 9. The van der Waals surface area contributed by atoms with Crippen molar-refractivity contribution in [1.82, 2.24) is 0 Å². The Hall–Kier alpha value is -9.94. The summed E-state index contributed by atoms with van der Waals surface area (Å²) in [7, 11) is 6.92. The summed E-state index contributed by atoms with van der Waals surface area (Å²) in [4.78, 5) is 0. The fourth-order valence-corrected chi connectivity index (χ4v) is 18.0. The van der Waals surface area contributed by atoms with E-state index in [0.717, 1.165) is 104 Å². The van der Waals surface area contributed by atoms with Gasteiger partial charge < -0.3 is 37.9 Å². The van der Waals surface area contributed by atoms with Gasteiger partial charge in [0.2, 0.25) is 22.7 Å². The predicted octanol–water partition coefficient (Wildman–Crippen LogP) is 22.5. The van der Waals surface area contributed by atoms with Gasteiger partial charge in [0.05, 0.1) is 50.7 Å². The first-order valence-electron chi connectivity index (χ1n) is 39.7. The second-order valence-corrected chi connectivity index (χ2v) is 33.4. The molecule has 4 aliphatic heterocycles. The van der Waals surface area contributed by atoms with Crippen LogP contribution in [-0.4, -0.2) is 98.5 Å². The summed E-state index contributed by atoms with van der Waals surface area (Å²) < 4.78 is 56.5. The van der Waals surface area contributed by atoms with E-state index in [4.69, 9.17) is 37.9 Å². The molecule has 8 aliphatic rings. The molecular formula is C97H116N4O8+4. The second kappa shape index (κ2) is 32.7. The molecule has 0 amide bonds. The average molecular weight is 1470 g/mol. The highest BCUT2D eigenvalue weighted by Crippen LogP contribution is 2.63. The molecule has 4 aliphatic carbocycles. The maximum atomic E-state index is 6.58. The molecule has 4 heterocycles. The van der Waals surface area contributed by atoms with E-state index >= 15 is 0 Å². The van der Waals surface area contributed by atoms with Gasteiger partial charge in [0, 0.05) is 68.6 Å². The standard InChI is InChI=1S/C28H34NO2.C27H30NO2.C23H30NO2.C19H22NO2/c1-18(2)24-6-4-5-7-26(24)29-16-22-11-23(30-3)12-25(27(22)31-17-29)28-13-19-8-20(14-28)10-21(9-19)15-28;1-19(2)23-13-9-10-14-25(23)28-17-20-15-22(29-5)16-24(26(20)30-18-28)27(3,4)21-11-7-6-8-12-21;1-7-23(4,5)20-13-18(25-6)12-17-14-24(15-26-22(17)20)21-11-9-8-10-19(21)16(2)3;1-13(2)17-7-5-6-8-18(17)20-11-15-10-16(21-4)9-14(3)19(15)22-12-20/h4-7,11-12,16,18-21H,8-10,13-15,17H2,1-3H3;6-17,19H,18H2,1-5H3;8-14,16H,7,15H2,1-6H3;5-11,13H,12H2,1-4H3/q4*+1. The highest BCUT2D eigenvalue weighted by Gasteiger charge is 2.53. The fraction of sp³-hybridized carbons (Fsp3) is 0.402. The number of aryl methyl sites for hydroxylation is 1.